The van der Waals surface area contributed by atoms with E-state index in [1.807, 2.05) is 73.6 Å². The van der Waals surface area contributed by atoms with Crippen LogP contribution in [0, 0.1) is 5.41 Å². The Bertz CT molecular complexity index is 1550. The molecule has 9 heteroatoms. The fraction of sp³-hybridized carbons (Fsp3) is 0.154. The first-order valence-corrected chi connectivity index (χ1v) is 11.2. The number of hydrogen-bond donors (Lipinski definition) is 5. The third-order valence-electron chi connectivity index (χ3n) is 5.81. The van der Waals surface area contributed by atoms with Gasteiger partial charge in [-0.05, 0) is 62.6 Å². The van der Waals surface area contributed by atoms with Gasteiger partial charge in [0.05, 0.1) is 22.1 Å². The summed E-state index contributed by atoms with van der Waals surface area (Å²) in [4.78, 5) is 30.4. The van der Waals surface area contributed by atoms with Crippen LogP contribution in [0.1, 0.15) is 15.9 Å². The number of fused-ring (bicyclic) bond motifs is 2. The molecule has 0 bridgehead atoms. The molecule has 1 amide bonds. The number of amidine groups is 1. The van der Waals surface area contributed by atoms with Gasteiger partial charge in [-0.1, -0.05) is 12.1 Å². The second-order valence-corrected chi connectivity index (χ2v) is 8.68. The molecular formula is C26H26N8O. The average Bonchev–Trinajstić information content (AvgIpc) is 3.47. The van der Waals surface area contributed by atoms with Gasteiger partial charge in [0, 0.05) is 35.3 Å². The first-order valence-electron chi connectivity index (χ1n) is 11.2. The van der Waals surface area contributed by atoms with E-state index >= 15 is 0 Å². The Hall–Kier alpha value is -4.50. The maximum atomic E-state index is 12.3. The summed E-state index contributed by atoms with van der Waals surface area (Å²) in [6.07, 6.45) is 0. The van der Waals surface area contributed by atoms with E-state index in [1.165, 1.54) is 0 Å². The number of likely N-dealkylation sites (N-methyl/N-ethyl adjacent to an activating group) is 1. The third-order valence-corrected chi connectivity index (χ3v) is 5.81. The molecule has 0 aliphatic carbocycles. The number of imidazole rings is 2. The minimum absolute atomic E-state index is 0.0208. The molecule has 5 rings (SSSR count). The Morgan fingerprint density at radius 1 is 0.886 bits per heavy atom. The Balaban J connectivity index is 1.38. The highest BCUT2D eigenvalue weighted by atomic mass is 16.1. The van der Waals surface area contributed by atoms with Crippen LogP contribution in [0.5, 0.6) is 0 Å². The van der Waals surface area contributed by atoms with Crippen molar-refractivity contribution in [1.29, 1.82) is 5.41 Å². The summed E-state index contributed by atoms with van der Waals surface area (Å²) in [5, 5.41) is 10.6. The van der Waals surface area contributed by atoms with Gasteiger partial charge in [-0.15, -0.1) is 0 Å². The number of nitrogens with one attached hydrogen (secondary N) is 4. The van der Waals surface area contributed by atoms with E-state index in [9.17, 15) is 4.79 Å². The number of H-pyrrole nitrogens is 2. The number of benzene rings is 3. The summed E-state index contributed by atoms with van der Waals surface area (Å²) in [5.41, 5.74) is 12.0. The zero-order chi connectivity index (χ0) is 24.5. The van der Waals surface area contributed by atoms with Gasteiger partial charge in [0.25, 0.3) is 5.91 Å². The number of carbonyl (C=O) groups is 1. The molecule has 2 aromatic heterocycles. The van der Waals surface area contributed by atoms with E-state index in [0.29, 0.717) is 17.7 Å². The molecular weight excluding hydrogens is 440 g/mol. The predicted molar refractivity (Wildman–Crippen MR) is 139 cm³/mol. The number of amides is 1. The molecule has 0 aliphatic rings. The van der Waals surface area contributed by atoms with Crippen molar-refractivity contribution in [3.05, 3.63) is 71.8 Å². The highest BCUT2D eigenvalue weighted by Crippen LogP contribution is 2.26. The minimum Gasteiger partial charge on any atom is -0.384 e. The van der Waals surface area contributed by atoms with E-state index in [0.717, 1.165) is 51.4 Å². The highest BCUT2D eigenvalue weighted by molar-refractivity contribution is 5.98. The molecule has 3 aromatic carbocycles. The number of aromatic nitrogens is 4. The Kier molecular flexibility index (Phi) is 5.76. The lowest BCUT2D eigenvalue weighted by molar-refractivity contribution is 0.0951. The fourth-order valence-electron chi connectivity index (χ4n) is 3.88. The van der Waals surface area contributed by atoms with Crippen molar-refractivity contribution in [3.63, 3.8) is 0 Å². The zero-order valence-corrected chi connectivity index (χ0v) is 19.5. The van der Waals surface area contributed by atoms with E-state index in [-0.39, 0.29) is 11.7 Å². The first-order chi connectivity index (χ1) is 16.9. The lowest BCUT2D eigenvalue weighted by Gasteiger charge is -2.10. The second kappa shape index (κ2) is 9.03. The van der Waals surface area contributed by atoms with Crippen molar-refractivity contribution >= 4 is 33.8 Å². The molecule has 0 saturated heterocycles. The molecule has 2 heterocycles. The van der Waals surface area contributed by atoms with E-state index in [4.69, 9.17) is 16.1 Å². The van der Waals surface area contributed by atoms with Crippen LogP contribution >= 0.6 is 0 Å². The first kappa shape index (κ1) is 22.3. The quantitative estimate of drug-likeness (QED) is 0.185. The number of nitrogens with two attached hydrogens (primary N) is 1. The normalized spacial score (nSPS) is 11.4. The van der Waals surface area contributed by atoms with Crippen molar-refractivity contribution in [1.82, 2.24) is 30.2 Å². The van der Waals surface area contributed by atoms with Gasteiger partial charge >= 0.3 is 0 Å². The minimum atomic E-state index is -0.0890. The molecule has 0 saturated carbocycles. The largest absolute Gasteiger partial charge is 0.384 e. The van der Waals surface area contributed by atoms with Gasteiger partial charge in [0.1, 0.15) is 17.5 Å². The van der Waals surface area contributed by atoms with Gasteiger partial charge in [0.2, 0.25) is 0 Å². The predicted octanol–water partition coefficient (Wildman–Crippen LogP) is 3.35. The Morgan fingerprint density at radius 2 is 1.46 bits per heavy atom. The van der Waals surface area contributed by atoms with Gasteiger partial charge < -0.3 is 25.9 Å². The zero-order valence-electron chi connectivity index (χ0n) is 19.5. The summed E-state index contributed by atoms with van der Waals surface area (Å²) in [5.74, 6) is 1.39. The average molecular weight is 467 g/mol. The second-order valence-electron chi connectivity index (χ2n) is 8.68. The number of hydrogen-bond acceptors (Lipinski definition) is 5. The molecule has 6 N–H and O–H groups in total. The standard InChI is InChI=1S/C26H26N8O/c1-34(2)12-11-29-26(35)16-5-3-15(4-6-16)24-30-20-10-8-18(14-22(20)32-24)25-31-19-9-7-17(23(27)28)13-21(19)33-25/h3-10,13-14H,11-12H2,1-2H3,(H3,27,28)(H,29,35)(H,30,32)(H,31,33). The van der Waals surface area contributed by atoms with Gasteiger partial charge in [0.15, 0.2) is 0 Å². The lowest BCUT2D eigenvalue weighted by atomic mass is 10.1. The molecule has 35 heavy (non-hydrogen) atoms. The summed E-state index contributed by atoms with van der Waals surface area (Å²) < 4.78 is 0. The summed E-state index contributed by atoms with van der Waals surface area (Å²) in [7, 11) is 3.94. The third kappa shape index (κ3) is 4.62. The topological polar surface area (TPSA) is 140 Å². The molecule has 9 nitrogen and oxygen atoms in total. The number of aromatic amines is 2. The van der Waals surface area contributed by atoms with Crippen LogP contribution in [0.15, 0.2) is 60.7 Å². The monoisotopic (exact) mass is 466 g/mol. The Labute approximate surface area is 201 Å². The Morgan fingerprint density at radius 3 is 2.11 bits per heavy atom. The van der Waals surface area contributed by atoms with E-state index < -0.39 is 0 Å². The van der Waals surface area contributed by atoms with Crippen LogP contribution in [-0.4, -0.2) is 63.8 Å². The number of rotatable bonds is 7. The van der Waals surface area contributed by atoms with Crippen molar-refractivity contribution in [2.45, 2.75) is 0 Å². The molecule has 0 radical (unpaired) electrons. The van der Waals surface area contributed by atoms with Crippen molar-refractivity contribution < 1.29 is 4.79 Å². The van der Waals surface area contributed by atoms with E-state index in [1.54, 1.807) is 6.07 Å². The molecule has 0 unspecified atom stereocenters. The van der Waals surface area contributed by atoms with Crippen molar-refractivity contribution in [2.24, 2.45) is 5.73 Å². The van der Waals surface area contributed by atoms with E-state index in [2.05, 4.69) is 20.3 Å². The van der Waals surface area contributed by atoms with Crippen LogP contribution in [0.2, 0.25) is 0 Å². The molecule has 0 aliphatic heterocycles. The van der Waals surface area contributed by atoms with Gasteiger partial charge in [-0.25, -0.2) is 9.97 Å². The molecule has 176 valence electrons. The fourth-order valence-corrected chi connectivity index (χ4v) is 3.88. The van der Waals surface area contributed by atoms with Crippen LogP contribution in [0.25, 0.3) is 44.8 Å². The van der Waals surface area contributed by atoms with Crippen LogP contribution in [0.4, 0.5) is 0 Å². The molecule has 0 atom stereocenters. The van der Waals surface area contributed by atoms with Gasteiger partial charge in [-0.3, -0.25) is 10.2 Å². The van der Waals surface area contributed by atoms with Crippen LogP contribution < -0.4 is 11.1 Å². The summed E-state index contributed by atoms with van der Waals surface area (Å²) in [6.45, 7) is 1.39. The molecule has 0 fully saturated rings. The van der Waals surface area contributed by atoms with Crippen LogP contribution in [0.3, 0.4) is 0 Å². The lowest BCUT2D eigenvalue weighted by Crippen LogP contribution is -2.31. The molecule has 0 spiro atoms. The van der Waals surface area contributed by atoms with Gasteiger partial charge in [-0.2, -0.15) is 0 Å². The summed E-state index contributed by atoms with van der Waals surface area (Å²) in [6, 6.07) is 18.8. The summed E-state index contributed by atoms with van der Waals surface area (Å²) >= 11 is 0. The highest BCUT2D eigenvalue weighted by Gasteiger charge is 2.12. The maximum Gasteiger partial charge on any atom is 0.251 e. The number of nitrogens with zero attached hydrogens (tertiary/aromatic N) is 3. The number of nitrogen functional groups attached to an aromatic ring is 1. The smallest absolute Gasteiger partial charge is 0.251 e. The number of carbonyl (C=O) groups excluding carboxylic acids is 1. The van der Waals surface area contributed by atoms with Crippen LogP contribution in [-0.2, 0) is 0 Å². The van der Waals surface area contributed by atoms with Crippen molar-refractivity contribution in [2.75, 3.05) is 27.2 Å². The SMILES string of the molecule is CN(C)CCNC(=O)c1ccc(-c2nc3ccc(-c4nc5ccc(C(=N)N)cc5[nH]4)cc3[nH]2)cc1. The maximum absolute atomic E-state index is 12.3. The molecule has 5 aromatic rings. The van der Waals surface area contributed by atoms with Crippen molar-refractivity contribution in [3.8, 4) is 22.8 Å².